The average Bonchev–Trinajstić information content (AvgIpc) is 2.52. The van der Waals surface area contributed by atoms with Gasteiger partial charge in [0.15, 0.2) is 0 Å². The van der Waals surface area contributed by atoms with Crippen LogP contribution in [0.25, 0.3) is 0 Å². The Morgan fingerprint density at radius 3 is 2.12 bits per heavy atom. The molecule has 25 heavy (non-hydrogen) atoms. The molecule has 2 aromatic carbocycles. The maximum Gasteiger partial charge on any atom is 0.264 e. The van der Waals surface area contributed by atoms with E-state index < -0.39 is 15.6 Å². The summed E-state index contributed by atoms with van der Waals surface area (Å²) >= 11 is 5.84. The molecule has 2 aromatic rings. The summed E-state index contributed by atoms with van der Waals surface area (Å²) in [7, 11) is -3.91. The summed E-state index contributed by atoms with van der Waals surface area (Å²) in [4.78, 5) is 12.4. The van der Waals surface area contributed by atoms with Crippen LogP contribution in [0.15, 0.2) is 59.5 Å². The van der Waals surface area contributed by atoms with Crippen molar-refractivity contribution < 1.29 is 13.2 Å². The second kappa shape index (κ2) is 7.45. The first kappa shape index (κ1) is 19.3. The molecule has 0 aliphatic carbocycles. The first-order chi connectivity index (χ1) is 11.6. The second-order valence-electron chi connectivity index (χ2n) is 6.60. The van der Waals surface area contributed by atoms with E-state index in [1.165, 1.54) is 24.3 Å². The van der Waals surface area contributed by atoms with Crippen molar-refractivity contribution in [1.82, 2.24) is 5.32 Å². The highest BCUT2D eigenvalue weighted by atomic mass is 35.5. The molecule has 0 aliphatic rings. The number of carbonyl (C=O) groups is 1. The lowest BCUT2D eigenvalue weighted by atomic mass is 10.1. The highest BCUT2D eigenvalue weighted by Gasteiger charge is 2.28. The van der Waals surface area contributed by atoms with Gasteiger partial charge in [0, 0.05) is 10.6 Å². The largest absolute Gasteiger partial charge is 0.350 e. The van der Waals surface area contributed by atoms with Gasteiger partial charge >= 0.3 is 0 Å². The summed E-state index contributed by atoms with van der Waals surface area (Å²) < 4.78 is 27.2. The molecule has 5 nitrogen and oxygen atoms in total. The Hall–Kier alpha value is -2.05. The van der Waals surface area contributed by atoms with Gasteiger partial charge in [-0.2, -0.15) is 0 Å². The molecule has 0 unspecified atom stereocenters. The van der Waals surface area contributed by atoms with Gasteiger partial charge in [-0.1, -0.05) is 29.8 Å². The molecule has 0 fully saturated rings. The summed E-state index contributed by atoms with van der Waals surface area (Å²) in [5.41, 5.74) is -0.0368. The average molecular weight is 381 g/mol. The molecule has 7 heteroatoms. The number of sulfonamides is 1. The van der Waals surface area contributed by atoms with Gasteiger partial charge in [-0.05, 0) is 57.2 Å². The maximum atomic E-state index is 13.0. The quantitative estimate of drug-likeness (QED) is 0.863. The van der Waals surface area contributed by atoms with Gasteiger partial charge in [0.2, 0.25) is 5.91 Å². The number of hydrogen-bond acceptors (Lipinski definition) is 3. The fraction of sp³-hybridized carbons (Fsp3) is 0.278. The third-order valence-corrected chi connectivity index (χ3v) is 5.29. The fourth-order valence-corrected chi connectivity index (χ4v) is 3.78. The van der Waals surface area contributed by atoms with Crippen molar-refractivity contribution in [3.8, 4) is 0 Å². The van der Waals surface area contributed by atoms with Crippen molar-refractivity contribution in [3.05, 3.63) is 59.6 Å². The fourth-order valence-electron chi connectivity index (χ4n) is 2.23. The number of anilines is 1. The van der Waals surface area contributed by atoms with E-state index in [9.17, 15) is 13.2 Å². The van der Waals surface area contributed by atoms with Crippen molar-refractivity contribution in [2.24, 2.45) is 0 Å². The molecular weight excluding hydrogens is 360 g/mol. The van der Waals surface area contributed by atoms with Crippen LogP contribution in [0.5, 0.6) is 0 Å². The van der Waals surface area contributed by atoms with Gasteiger partial charge in [-0.15, -0.1) is 0 Å². The highest BCUT2D eigenvalue weighted by Crippen LogP contribution is 2.24. The van der Waals surface area contributed by atoms with Crippen molar-refractivity contribution in [3.63, 3.8) is 0 Å². The van der Waals surface area contributed by atoms with Gasteiger partial charge in [0.05, 0.1) is 10.6 Å². The number of benzene rings is 2. The number of nitrogens with zero attached hydrogens (tertiary/aromatic N) is 1. The Balaban J connectivity index is 2.41. The van der Waals surface area contributed by atoms with Crippen LogP contribution < -0.4 is 9.62 Å². The lowest BCUT2D eigenvalue weighted by molar-refractivity contribution is -0.121. The summed E-state index contributed by atoms with van der Waals surface area (Å²) in [5.74, 6) is -0.381. The molecule has 2 rings (SSSR count). The van der Waals surface area contributed by atoms with Crippen molar-refractivity contribution in [2.45, 2.75) is 31.2 Å². The number of hydrogen-bond donors (Lipinski definition) is 1. The van der Waals surface area contributed by atoms with Crippen LogP contribution in [0.1, 0.15) is 20.8 Å². The molecule has 0 aromatic heterocycles. The van der Waals surface area contributed by atoms with Gasteiger partial charge in [-0.3, -0.25) is 9.10 Å². The van der Waals surface area contributed by atoms with Crippen LogP contribution in [0, 0.1) is 0 Å². The number of nitrogens with one attached hydrogen (secondary N) is 1. The zero-order chi connectivity index (χ0) is 18.7. The lowest BCUT2D eigenvalue weighted by Crippen LogP contribution is -2.47. The predicted molar refractivity (Wildman–Crippen MR) is 100 cm³/mol. The van der Waals surface area contributed by atoms with Gasteiger partial charge in [-0.25, -0.2) is 8.42 Å². The van der Waals surface area contributed by atoms with E-state index in [2.05, 4.69) is 5.32 Å². The summed E-state index contributed by atoms with van der Waals surface area (Å²) in [6, 6.07) is 14.4. The standard InChI is InChI=1S/C18H21ClN2O3S/c1-18(2,3)20-17(22)13-21(15-7-5-4-6-8-15)25(23,24)16-11-9-14(19)10-12-16/h4-12H,13H2,1-3H3,(H,20,22). The van der Waals surface area contributed by atoms with Crippen molar-refractivity contribution in [2.75, 3.05) is 10.8 Å². The van der Waals surface area contributed by atoms with Crippen LogP contribution in [0.2, 0.25) is 5.02 Å². The third kappa shape index (κ3) is 5.21. The monoisotopic (exact) mass is 380 g/mol. The first-order valence-corrected chi connectivity index (χ1v) is 9.56. The minimum atomic E-state index is -3.91. The normalized spacial score (nSPS) is 11.8. The molecule has 134 valence electrons. The molecule has 0 aliphatic heterocycles. The topological polar surface area (TPSA) is 66.5 Å². The number of amides is 1. The van der Waals surface area contributed by atoms with Gasteiger partial charge in [0.1, 0.15) is 6.54 Å². The summed E-state index contributed by atoms with van der Waals surface area (Å²) in [6.07, 6.45) is 0. The van der Waals surface area contributed by atoms with Crippen molar-refractivity contribution in [1.29, 1.82) is 0 Å². The zero-order valence-corrected chi connectivity index (χ0v) is 15.9. The maximum absolute atomic E-state index is 13.0. The first-order valence-electron chi connectivity index (χ1n) is 7.74. The predicted octanol–water partition coefficient (Wildman–Crippen LogP) is 3.45. The van der Waals surface area contributed by atoms with Crippen LogP contribution in [-0.2, 0) is 14.8 Å². The number of para-hydroxylation sites is 1. The molecule has 0 saturated carbocycles. The van der Waals surface area contributed by atoms with Crippen LogP contribution >= 0.6 is 11.6 Å². The lowest BCUT2D eigenvalue weighted by Gasteiger charge is -2.27. The van der Waals surface area contributed by atoms with Crippen LogP contribution in [-0.4, -0.2) is 26.4 Å². The van der Waals surface area contributed by atoms with Crippen LogP contribution in [0.3, 0.4) is 0 Å². The SMILES string of the molecule is CC(C)(C)NC(=O)CN(c1ccccc1)S(=O)(=O)c1ccc(Cl)cc1. The molecule has 0 spiro atoms. The Kier molecular flexibility index (Phi) is 5.75. The van der Waals surface area contributed by atoms with E-state index in [0.29, 0.717) is 10.7 Å². The highest BCUT2D eigenvalue weighted by molar-refractivity contribution is 7.92. The van der Waals surface area contributed by atoms with E-state index in [4.69, 9.17) is 11.6 Å². The molecule has 0 heterocycles. The molecule has 0 saturated heterocycles. The Morgan fingerprint density at radius 1 is 1.04 bits per heavy atom. The molecule has 1 amide bonds. The number of rotatable bonds is 5. The van der Waals surface area contributed by atoms with Gasteiger partial charge < -0.3 is 5.32 Å². The Morgan fingerprint density at radius 2 is 1.60 bits per heavy atom. The molecule has 0 radical (unpaired) electrons. The number of carbonyl (C=O) groups excluding carboxylic acids is 1. The number of halogens is 1. The van der Waals surface area contributed by atoms with E-state index in [0.717, 1.165) is 4.31 Å². The minimum Gasteiger partial charge on any atom is -0.350 e. The minimum absolute atomic E-state index is 0.0734. The van der Waals surface area contributed by atoms with E-state index in [-0.39, 0.29) is 17.3 Å². The summed E-state index contributed by atoms with van der Waals surface area (Å²) in [5, 5.41) is 3.23. The second-order valence-corrected chi connectivity index (χ2v) is 8.90. The Labute approximate surface area is 153 Å². The third-order valence-electron chi connectivity index (χ3n) is 3.25. The summed E-state index contributed by atoms with van der Waals surface area (Å²) in [6.45, 7) is 5.20. The van der Waals surface area contributed by atoms with Crippen LogP contribution in [0.4, 0.5) is 5.69 Å². The molecule has 0 atom stereocenters. The Bertz CT molecular complexity index is 829. The van der Waals surface area contributed by atoms with E-state index in [1.807, 2.05) is 20.8 Å². The van der Waals surface area contributed by atoms with E-state index >= 15 is 0 Å². The molecule has 0 bridgehead atoms. The van der Waals surface area contributed by atoms with Gasteiger partial charge in [0.25, 0.3) is 10.0 Å². The molecule has 1 N–H and O–H groups in total. The smallest absolute Gasteiger partial charge is 0.264 e. The zero-order valence-electron chi connectivity index (χ0n) is 14.4. The van der Waals surface area contributed by atoms with Crippen molar-refractivity contribution >= 4 is 33.2 Å². The molecular formula is C18H21ClN2O3S. The van der Waals surface area contributed by atoms with E-state index in [1.54, 1.807) is 30.3 Å².